The summed E-state index contributed by atoms with van der Waals surface area (Å²) in [6.45, 7) is 8.06. The van der Waals surface area contributed by atoms with Crippen LogP contribution in [0.25, 0.3) is 0 Å². The minimum absolute atomic E-state index is 0.0624. The molecule has 1 aromatic rings. The van der Waals surface area contributed by atoms with Crippen LogP contribution in [0.4, 0.5) is 5.00 Å². The van der Waals surface area contributed by atoms with Crippen LogP contribution in [-0.2, 0) is 22.4 Å². The monoisotopic (exact) mass is 435 g/mol. The first-order chi connectivity index (χ1) is 14.4. The molecule has 166 valence electrons. The van der Waals surface area contributed by atoms with Crippen LogP contribution >= 0.6 is 11.3 Å². The van der Waals surface area contributed by atoms with Crippen LogP contribution in [0.2, 0.25) is 0 Å². The summed E-state index contributed by atoms with van der Waals surface area (Å²) in [5.41, 5.74) is 7.10. The second-order valence-corrected chi connectivity index (χ2v) is 9.21. The summed E-state index contributed by atoms with van der Waals surface area (Å²) in [7, 11) is 0. The molecular weight excluding hydrogens is 402 g/mol. The Labute approximate surface area is 182 Å². The van der Waals surface area contributed by atoms with Crippen molar-refractivity contribution in [2.75, 3.05) is 44.6 Å². The smallest absolute Gasteiger partial charge is 0.251 e. The Balaban J connectivity index is 1.50. The molecule has 2 aliphatic rings. The van der Waals surface area contributed by atoms with Gasteiger partial charge in [0.15, 0.2) is 0 Å². The summed E-state index contributed by atoms with van der Waals surface area (Å²) in [5, 5.41) is 6.49. The Morgan fingerprint density at radius 1 is 1.17 bits per heavy atom. The fraction of sp³-hybridized carbons (Fsp3) is 0.667. The Morgan fingerprint density at radius 2 is 1.90 bits per heavy atom. The van der Waals surface area contributed by atoms with Crippen molar-refractivity contribution in [1.29, 1.82) is 0 Å². The number of carbonyl (C=O) groups is 3. The first-order valence-electron chi connectivity index (χ1n) is 10.9. The van der Waals surface area contributed by atoms with Gasteiger partial charge in [-0.25, -0.2) is 0 Å². The minimum atomic E-state index is -0.469. The molecule has 1 saturated heterocycles. The Bertz CT molecular complexity index is 786. The number of primary amides is 1. The molecule has 30 heavy (non-hydrogen) atoms. The number of thiophene rings is 1. The maximum atomic E-state index is 12.8. The Morgan fingerprint density at radius 3 is 2.57 bits per heavy atom. The number of rotatable bonds is 9. The highest BCUT2D eigenvalue weighted by molar-refractivity contribution is 7.17. The highest BCUT2D eigenvalue weighted by atomic mass is 32.1. The molecule has 0 radical (unpaired) electrons. The van der Waals surface area contributed by atoms with Crippen molar-refractivity contribution in [3.05, 3.63) is 16.0 Å². The van der Waals surface area contributed by atoms with Gasteiger partial charge >= 0.3 is 0 Å². The highest BCUT2D eigenvalue weighted by Gasteiger charge is 2.30. The average molecular weight is 436 g/mol. The molecule has 1 atom stereocenters. The standard InChI is InChI=1S/C21H33N5O3S/c1-3-4-8-23-17(27)13-25-9-11-26(12-10-25)14(2)20(29)24-21-18(19(22)28)15-6-5-7-16(15)30-21/h14H,3-13H2,1-2H3,(H2,22,28)(H,23,27)(H,24,29)/t14-/m0/s1. The van der Waals surface area contributed by atoms with Crippen molar-refractivity contribution in [2.24, 2.45) is 5.73 Å². The molecular formula is C21H33N5O3S. The molecule has 0 unspecified atom stereocenters. The van der Waals surface area contributed by atoms with Gasteiger partial charge in [0.25, 0.3) is 5.91 Å². The Kier molecular flexibility index (Phi) is 7.85. The van der Waals surface area contributed by atoms with E-state index in [0.29, 0.717) is 17.1 Å². The summed E-state index contributed by atoms with van der Waals surface area (Å²) in [6.07, 6.45) is 4.89. The van der Waals surface area contributed by atoms with E-state index < -0.39 is 5.91 Å². The first-order valence-corrected chi connectivity index (χ1v) is 11.7. The summed E-state index contributed by atoms with van der Waals surface area (Å²) < 4.78 is 0. The maximum Gasteiger partial charge on any atom is 0.251 e. The topological polar surface area (TPSA) is 108 Å². The SMILES string of the molecule is CCCCNC(=O)CN1CCN([C@@H](C)C(=O)Nc2sc3c(c2C(N)=O)CCC3)CC1. The van der Waals surface area contributed by atoms with Gasteiger partial charge in [-0.2, -0.15) is 0 Å². The normalized spacial score (nSPS) is 18.1. The van der Waals surface area contributed by atoms with Gasteiger partial charge in [0.05, 0.1) is 18.2 Å². The lowest BCUT2D eigenvalue weighted by Gasteiger charge is -2.37. The number of carbonyl (C=O) groups excluding carboxylic acids is 3. The number of anilines is 1. The second kappa shape index (κ2) is 10.4. The first kappa shape index (κ1) is 22.7. The molecule has 0 aromatic carbocycles. The number of nitrogens with zero attached hydrogens (tertiary/aromatic N) is 2. The molecule has 1 aliphatic carbocycles. The van der Waals surface area contributed by atoms with E-state index in [9.17, 15) is 14.4 Å². The van der Waals surface area contributed by atoms with E-state index in [4.69, 9.17) is 5.73 Å². The van der Waals surface area contributed by atoms with E-state index in [2.05, 4.69) is 27.4 Å². The van der Waals surface area contributed by atoms with Crippen LogP contribution in [0.15, 0.2) is 0 Å². The number of fused-ring (bicyclic) bond motifs is 1. The fourth-order valence-corrected chi connectivity index (χ4v) is 5.41. The zero-order chi connectivity index (χ0) is 21.7. The van der Waals surface area contributed by atoms with E-state index in [1.54, 1.807) is 0 Å². The van der Waals surface area contributed by atoms with Crippen LogP contribution in [0.1, 0.15) is 53.9 Å². The summed E-state index contributed by atoms with van der Waals surface area (Å²) in [5.74, 6) is -0.529. The fourth-order valence-electron chi connectivity index (χ4n) is 4.11. The van der Waals surface area contributed by atoms with E-state index in [1.807, 2.05) is 6.92 Å². The molecule has 1 fully saturated rings. The van der Waals surface area contributed by atoms with Gasteiger partial charge in [-0.15, -0.1) is 11.3 Å². The minimum Gasteiger partial charge on any atom is -0.365 e. The highest BCUT2D eigenvalue weighted by Crippen LogP contribution is 2.38. The number of unbranched alkanes of at least 4 members (excludes halogenated alkanes) is 1. The number of nitrogens with two attached hydrogens (primary N) is 1. The molecule has 0 saturated carbocycles. The molecule has 2 heterocycles. The lowest BCUT2D eigenvalue weighted by molar-refractivity contribution is -0.124. The van der Waals surface area contributed by atoms with E-state index in [-0.39, 0.29) is 17.9 Å². The van der Waals surface area contributed by atoms with Crippen LogP contribution in [0.5, 0.6) is 0 Å². The van der Waals surface area contributed by atoms with Crippen molar-refractivity contribution >= 4 is 34.1 Å². The van der Waals surface area contributed by atoms with Crippen molar-refractivity contribution < 1.29 is 14.4 Å². The van der Waals surface area contributed by atoms with Crippen LogP contribution < -0.4 is 16.4 Å². The predicted octanol–water partition coefficient (Wildman–Crippen LogP) is 1.20. The third-order valence-corrected chi connectivity index (χ3v) is 7.17. The molecule has 0 bridgehead atoms. The van der Waals surface area contributed by atoms with Gasteiger partial charge < -0.3 is 16.4 Å². The predicted molar refractivity (Wildman–Crippen MR) is 119 cm³/mol. The van der Waals surface area contributed by atoms with Gasteiger partial charge in [-0.1, -0.05) is 13.3 Å². The lowest BCUT2D eigenvalue weighted by Crippen LogP contribution is -2.54. The molecule has 9 heteroatoms. The zero-order valence-electron chi connectivity index (χ0n) is 18.0. The number of piperazine rings is 1. The molecule has 4 N–H and O–H groups in total. The van der Waals surface area contributed by atoms with Crippen molar-refractivity contribution in [2.45, 2.75) is 52.0 Å². The maximum absolute atomic E-state index is 12.8. The molecule has 3 amide bonds. The van der Waals surface area contributed by atoms with Gasteiger partial charge in [0.2, 0.25) is 11.8 Å². The average Bonchev–Trinajstić information content (AvgIpc) is 3.28. The van der Waals surface area contributed by atoms with Gasteiger partial charge in [0, 0.05) is 37.6 Å². The summed E-state index contributed by atoms with van der Waals surface area (Å²) >= 11 is 1.48. The van der Waals surface area contributed by atoms with Crippen LogP contribution in [0.3, 0.4) is 0 Å². The molecule has 1 aromatic heterocycles. The number of hydrogen-bond acceptors (Lipinski definition) is 6. The molecule has 8 nitrogen and oxygen atoms in total. The number of nitrogens with one attached hydrogen (secondary N) is 2. The largest absolute Gasteiger partial charge is 0.365 e. The van der Waals surface area contributed by atoms with Gasteiger partial charge in [0.1, 0.15) is 5.00 Å². The number of amides is 3. The summed E-state index contributed by atoms with van der Waals surface area (Å²) in [4.78, 5) is 42.2. The van der Waals surface area contributed by atoms with E-state index in [0.717, 1.165) is 75.3 Å². The van der Waals surface area contributed by atoms with Crippen LogP contribution in [-0.4, -0.2) is 72.8 Å². The van der Waals surface area contributed by atoms with Gasteiger partial charge in [-0.3, -0.25) is 24.2 Å². The van der Waals surface area contributed by atoms with Gasteiger partial charge in [-0.05, 0) is 38.2 Å². The van der Waals surface area contributed by atoms with Crippen LogP contribution in [0, 0.1) is 0 Å². The quantitative estimate of drug-likeness (QED) is 0.505. The lowest BCUT2D eigenvalue weighted by atomic mass is 10.1. The Hall–Kier alpha value is -1.97. The second-order valence-electron chi connectivity index (χ2n) is 8.11. The van der Waals surface area contributed by atoms with Crippen molar-refractivity contribution in [3.63, 3.8) is 0 Å². The van der Waals surface area contributed by atoms with Crippen molar-refractivity contribution in [1.82, 2.24) is 15.1 Å². The summed E-state index contributed by atoms with van der Waals surface area (Å²) in [6, 6.07) is -0.316. The van der Waals surface area contributed by atoms with E-state index >= 15 is 0 Å². The van der Waals surface area contributed by atoms with E-state index in [1.165, 1.54) is 11.3 Å². The number of aryl methyl sites for hydroxylation is 1. The molecule has 0 spiro atoms. The zero-order valence-corrected chi connectivity index (χ0v) is 18.8. The third kappa shape index (κ3) is 5.39. The third-order valence-electron chi connectivity index (χ3n) is 5.96. The molecule has 1 aliphatic heterocycles. The number of hydrogen-bond donors (Lipinski definition) is 3. The van der Waals surface area contributed by atoms with Crippen molar-refractivity contribution in [3.8, 4) is 0 Å². The molecule has 3 rings (SSSR count).